The van der Waals surface area contributed by atoms with Gasteiger partial charge in [-0.15, -0.1) is 0 Å². The largest absolute Gasteiger partial charge is 0.411 e. The second kappa shape index (κ2) is 4.29. The van der Waals surface area contributed by atoms with Crippen molar-refractivity contribution in [3.8, 4) is 0 Å². The summed E-state index contributed by atoms with van der Waals surface area (Å²) in [6, 6.07) is 10.2. The zero-order valence-corrected chi connectivity index (χ0v) is 10.1. The van der Waals surface area contributed by atoms with Gasteiger partial charge in [0, 0.05) is 12.8 Å². The molecule has 4 nitrogen and oxygen atoms in total. The van der Waals surface area contributed by atoms with Gasteiger partial charge in [-0.1, -0.05) is 40.6 Å². The number of aryl methyl sites for hydroxylation is 1. The Balaban J connectivity index is 2.01. The van der Waals surface area contributed by atoms with Crippen LogP contribution in [0.1, 0.15) is 34.9 Å². The molecule has 1 heterocycles. The van der Waals surface area contributed by atoms with Gasteiger partial charge in [-0.3, -0.25) is 0 Å². The van der Waals surface area contributed by atoms with Crippen molar-refractivity contribution in [1.82, 2.24) is 5.16 Å². The molecule has 4 heteroatoms. The molecular weight excluding hydrogens is 228 g/mol. The highest BCUT2D eigenvalue weighted by Crippen LogP contribution is 2.34. The van der Waals surface area contributed by atoms with E-state index in [1.54, 1.807) is 0 Å². The zero-order chi connectivity index (χ0) is 12.5. The number of nitrogens with zero attached hydrogens (tertiary/aromatic N) is 2. The topological polar surface area (TPSA) is 58.6 Å². The maximum atomic E-state index is 9.16. The molecule has 1 aromatic heterocycles. The molecular formula is C14H14N2O2. The Hall–Kier alpha value is -2.10. The normalized spacial score (nSPS) is 20.9. The summed E-state index contributed by atoms with van der Waals surface area (Å²) in [5.74, 6) is 1.11. The van der Waals surface area contributed by atoms with Crippen LogP contribution < -0.4 is 0 Å². The molecule has 92 valence electrons. The average molecular weight is 242 g/mol. The Morgan fingerprint density at radius 3 is 2.78 bits per heavy atom. The van der Waals surface area contributed by atoms with Crippen LogP contribution in [-0.4, -0.2) is 16.1 Å². The second-order valence-electron chi connectivity index (χ2n) is 4.63. The molecule has 3 rings (SSSR count). The number of oxime groups is 1. The molecule has 1 atom stereocenters. The van der Waals surface area contributed by atoms with Gasteiger partial charge in [0.05, 0.1) is 17.0 Å². The first-order valence-electron chi connectivity index (χ1n) is 6.01. The van der Waals surface area contributed by atoms with E-state index < -0.39 is 0 Å². The van der Waals surface area contributed by atoms with E-state index in [9.17, 15) is 0 Å². The Bertz CT molecular complexity index is 587. The first-order chi connectivity index (χ1) is 8.79. The Morgan fingerprint density at radius 2 is 2.06 bits per heavy atom. The highest BCUT2D eigenvalue weighted by molar-refractivity contribution is 6.03. The predicted octanol–water partition coefficient (Wildman–Crippen LogP) is 2.89. The van der Waals surface area contributed by atoms with Gasteiger partial charge in [0.15, 0.2) is 0 Å². The standard InChI is InChI=1S/C14H14N2O2/c1-9-14-12(15-17)7-11(8-13(14)18-16-9)10-5-3-2-4-6-10/h2-6,11,17H,7-8H2,1H3/b15-12+/t11-/m1/s1. The van der Waals surface area contributed by atoms with Gasteiger partial charge in [0.1, 0.15) is 5.76 Å². The molecule has 0 aliphatic heterocycles. The number of hydrogen-bond acceptors (Lipinski definition) is 4. The quantitative estimate of drug-likeness (QED) is 0.618. The zero-order valence-electron chi connectivity index (χ0n) is 10.1. The van der Waals surface area contributed by atoms with Crippen molar-refractivity contribution in [2.75, 3.05) is 0 Å². The van der Waals surface area contributed by atoms with E-state index in [4.69, 9.17) is 9.73 Å². The van der Waals surface area contributed by atoms with Crippen molar-refractivity contribution in [1.29, 1.82) is 0 Å². The monoisotopic (exact) mass is 242 g/mol. The van der Waals surface area contributed by atoms with E-state index in [-0.39, 0.29) is 5.92 Å². The van der Waals surface area contributed by atoms with E-state index in [1.165, 1.54) is 5.56 Å². The third kappa shape index (κ3) is 1.70. The van der Waals surface area contributed by atoms with Gasteiger partial charge in [0.2, 0.25) is 0 Å². The fraction of sp³-hybridized carbons (Fsp3) is 0.286. The van der Waals surface area contributed by atoms with Crippen molar-refractivity contribution in [3.05, 3.63) is 52.9 Å². The van der Waals surface area contributed by atoms with Crippen LogP contribution in [0.15, 0.2) is 40.0 Å². The van der Waals surface area contributed by atoms with Crippen molar-refractivity contribution in [2.45, 2.75) is 25.7 Å². The third-order valence-electron chi connectivity index (χ3n) is 3.49. The molecule has 0 bridgehead atoms. The fourth-order valence-electron chi connectivity index (χ4n) is 2.61. The number of hydrogen-bond donors (Lipinski definition) is 1. The summed E-state index contributed by atoms with van der Waals surface area (Å²) in [7, 11) is 0. The predicted molar refractivity (Wildman–Crippen MR) is 67.1 cm³/mol. The van der Waals surface area contributed by atoms with E-state index in [1.807, 2.05) is 25.1 Å². The van der Waals surface area contributed by atoms with Crippen molar-refractivity contribution < 1.29 is 9.73 Å². The second-order valence-corrected chi connectivity index (χ2v) is 4.63. The number of rotatable bonds is 1. The summed E-state index contributed by atoms with van der Waals surface area (Å²) in [6.45, 7) is 1.87. The molecule has 0 saturated carbocycles. The SMILES string of the molecule is Cc1noc2c1/C(=N/O)C[C@@H](c1ccccc1)C2. The number of benzene rings is 1. The van der Waals surface area contributed by atoms with E-state index in [0.29, 0.717) is 5.71 Å². The summed E-state index contributed by atoms with van der Waals surface area (Å²) in [6.07, 6.45) is 1.52. The fourth-order valence-corrected chi connectivity index (χ4v) is 2.61. The molecule has 0 unspecified atom stereocenters. The van der Waals surface area contributed by atoms with Gasteiger partial charge in [-0.25, -0.2) is 0 Å². The van der Waals surface area contributed by atoms with E-state index >= 15 is 0 Å². The molecule has 0 spiro atoms. The number of fused-ring (bicyclic) bond motifs is 1. The van der Waals surface area contributed by atoms with E-state index in [0.717, 1.165) is 29.9 Å². The summed E-state index contributed by atoms with van der Waals surface area (Å²) in [5.41, 5.74) is 3.58. The van der Waals surface area contributed by atoms with Crippen LogP contribution in [-0.2, 0) is 6.42 Å². The Labute approximate surface area is 105 Å². The minimum atomic E-state index is 0.289. The molecule has 2 aromatic rings. The van der Waals surface area contributed by atoms with Gasteiger partial charge >= 0.3 is 0 Å². The van der Waals surface area contributed by atoms with Crippen LogP contribution >= 0.6 is 0 Å². The molecule has 1 aliphatic rings. The smallest absolute Gasteiger partial charge is 0.146 e. The van der Waals surface area contributed by atoms with Crippen LogP contribution in [0.5, 0.6) is 0 Å². The summed E-state index contributed by atoms with van der Waals surface area (Å²) < 4.78 is 5.33. The molecule has 0 saturated heterocycles. The van der Waals surface area contributed by atoms with Gasteiger partial charge in [-0.2, -0.15) is 0 Å². The molecule has 18 heavy (non-hydrogen) atoms. The first kappa shape index (κ1) is 11.0. The third-order valence-corrected chi connectivity index (χ3v) is 3.49. The van der Waals surface area contributed by atoms with Crippen molar-refractivity contribution in [3.63, 3.8) is 0 Å². The highest BCUT2D eigenvalue weighted by atomic mass is 16.5. The lowest BCUT2D eigenvalue weighted by atomic mass is 9.82. The molecule has 0 radical (unpaired) electrons. The minimum Gasteiger partial charge on any atom is -0.411 e. The van der Waals surface area contributed by atoms with Gasteiger partial charge < -0.3 is 9.73 Å². The summed E-state index contributed by atoms with van der Waals surface area (Å²) in [5, 5.41) is 16.5. The highest BCUT2D eigenvalue weighted by Gasteiger charge is 2.30. The molecule has 1 aliphatic carbocycles. The Morgan fingerprint density at radius 1 is 1.28 bits per heavy atom. The molecule has 0 fully saturated rings. The van der Waals surface area contributed by atoms with Crippen molar-refractivity contribution in [2.24, 2.45) is 5.16 Å². The van der Waals surface area contributed by atoms with Crippen LogP contribution in [0.2, 0.25) is 0 Å². The van der Waals surface area contributed by atoms with Crippen LogP contribution in [0.3, 0.4) is 0 Å². The van der Waals surface area contributed by atoms with Crippen molar-refractivity contribution >= 4 is 5.71 Å². The molecule has 1 aromatic carbocycles. The van der Waals surface area contributed by atoms with E-state index in [2.05, 4.69) is 22.4 Å². The first-order valence-corrected chi connectivity index (χ1v) is 6.01. The lowest BCUT2D eigenvalue weighted by molar-refractivity contribution is 0.315. The molecule has 0 amide bonds. The lowest BCUT2D eigenvalue weighted by Gasteiger charge is -2.21. The van der Waals surface area contributed by atoms with Crippen LogP contribution in [0.25, 0.3) is 0 Å². The maximum Gasteiger partial charge on any atom is 0.146 e. The lowest BCUT2D eigenvalue weighted by Crippen LogP contribution is -2.19. The Kier molecular flexibility index (Phi) is 2.63. The summed E-state index contributed by atoms with van der Waals surface area (Å²) in [4.78, 5) is 0. The number of aromatic nitrogens is 1. The van der Waals surface area contributed by atoms with Gasteiger partial charge in [-0.05, 0) is 18.4 Å². The molecule has 1 N–H and O–H groups in total. The summed E-state index contributed by atoms with van der Waals surface area (Å²) >= 11 is 0. The van der Waals surface area contributed by atoms with Gasteiger partial charge in [0.25, 0.3) is 0 Å². The maximum absolute atomic E-state index is 9.16. The van der Waals surface area contributed by atoms with Crippen LogP contribution in [0, 0.1) is 6.92 Å². The minimum absolute atomic E-state index is 0.289. The van der Waals surface area contributed by atoms with Crippen LogP contribution in [0.4, 0.5) is 0 Å². The average Bonchev–Trinajstić information content (AvgIpc) is 2.81.